The summed E-state index contributed by atoms with van der Waals surface area (Å²) in [5, 5.41) is 10.1. The van der Waals surface area contributed by atoms with Crippen LogP contribution in [0.1, 0.15) is 70.9 Å². The molecule has 0 saturated heterocycles. The van der Waals surface area contributed by atoms with Gasteiger partial charge in [-0.05, 0) is 120 Å². The van der Waals surface area contributed by atoms with E-state index in [-0.39, 0.29) is 16.0 Å². The molecule has 3 aliphatic rings. The molecule has 8 nitrogen and oxygen atoms in total. The summed E-state index contributed by atoms with van der Waals surface area (Å²) in [7, 11) is -3.53. The standard InChI is InChI=1S/C34H42ClN5O3S/c1-19(2)43-31-17-25(24-15-28(22-10-11-22)37-29(16-24)23-12-13-23)21(5)14-30(31)39-34-36-18-26(35)33(40-34)38-27-8-6-7-9-32(27)44(41,42)20(3)4/h6-9,14-15,17-20,22-23,28-29,37H,10-13,16H2,1-5H3,(H2,36,38,39,40)/t28-,29-/m0/s1. The zero-order chi connectivity index (χ0) is 31.2. The van der Waals surface area contributed by atoms with E-state index in [2.05, 4.69) is 51.1 Å². The van der Waals surface area contributed by atoms with Crippen LogP contribution in [0.2, 0.25) is 5.02 Å². The van der Waals surface area contributed by atoms with Gasteiger partial charge in [0, 0.05) is 12.1 Å². The van der Waals surface area contributed by atoms with Gasteiger partial charge in [-0.25, -0.2) is 13.4 Å². The lowest BCUT2D eigenvalue weighted by molar-refractivity contribution is 0.243. The summed E-state index contributed by atoms with van der Waals surface area (Å²) < 4.78 is 32.3. The molecule has 0 unspecified atom stereocenters. The molecular weight excluding hydrogens is 594 g/mol. The Labute approximate surface area is 266 Å². The minimum Gasteiger partial charge on any atom is -0.489 e. The highest BCUT2D eigenvalue weighted by Gasteiger charge is 2.40. The first-order chi connectivity index (χ1) is 21.0. The highest BCUT2D eigenvalue weighted by Crippen LogP contribution is 2.45. The number of aromatic nitrogens is 2. The SMILES string of the molecule is Cc1cc(Nc2ncc(Cl)c(Nc3ccccc3S(=O)(=O)C(C)C)n2)c(OC(C)C)cc1C1=C[C@@H](C2CC2)N[C@H](C2CC2)C1. The average Bonchev–Trinajstić information content (AvgIpc) is 3.89. The molecule has 2 saturated carbocycles. The van der Waals surface area contributed by atoms with Crippen molar-refractivity contribution in [3.63, 3.8) is 0 Å². The lowest BCUT2D eigenvalue weighted by atomic mass is 9.87. The minimum atomic E-state index is -3.53. The van der Waals surface area contributed by atoms with Crippen molar-refractivity contribution in [2.24, 2.45) is 11.8 Å². The van der Waals surface area contributed by atoms with Gasteiger partial charge >= 0.3 is 0 Å². The molecule has 0 spiro atoms. The van der Waals surface area contributed by atoms with Crippen molar-refractivity contribution in [3.05, 3.63) is 64.8 Å². The molecule has 2 heterocycles. The van der Waals surface area contributed by atoms with E-state index >= 15 is 0 Å². The number of halogens is 1. The molecule has 10 heteroatoms. The number of nitrogens with zero attached hydrogens (tertiary/aromatic N) is 2. The summed E-state index contributed by atoms with van der Waals surface area (Å²) in [4.78, 5) is 9.25. The van der Waals surface area contributed by atoms with E-state index in [9.17, 15) is 8.42 Å². The Morgan fingerprint density at radius 1 is 1.00 bits per heavy atom. The Kier molecular flexibility index (Phi) is 8.65. The Hall–Kier alpha value is -3.14. The van der Waals surface area contributed by atoms with Gasteiger partial charge in [0.2, 0.25) is 5.95 Å². The molecule has 44 heavy (non-hydrogen) atoms. The number of aryl methyl sites for hydroxylation is 1. The maximum atomic E-state index is 13.0. The van der Waals surface area contributed by atoms with Crippen molar-refractivity contribution in [1.29, 1.82) is 0 Å². The van der Waals surface area contributed by atoms with E-state index in [1.165, 1.54) is 43.0 Å². The number of rotatable bonds is 11. The number of sulfone groups is 1. The summed E-state index contributed by atoms with van der Waals surface area (Å²) in [5.41, 5.74) is 4.94. The summed E-state index contributed by atoms with van der Waals surface area (Å²) in [6.45, 7) is 9.50. The lowest BCUT2D eigenvalue weighted by Crippen LogP contribution is -2.43. The average molecular weight is 636 g/mol. The zero-order valence-electron chi connectivity index (χ0n) is 26.0. The van der Waals surface area contributed by atoms with E-state index in [0.29, 0.717) is 29.5 Å². The molecule has 0 bridgehead atoms. The Morgan fingerprint density at radius 2 is 1.73 bits per heavy atom. The first-order valence-corrected chi connectivity index (χ1v) is 17.6. The number of para-hydroxylation sites is 1. The van der Waals surface area contributed by atoms with Crippen LogP contribution in [0.15, 0.2) is 53.6 Å². The van der Waals surface area contributed by atoms with Crippen LogP contribution in [0.25, 0.3) is 5.57 Å². The summed E-state index contributed by atoms with van der Waals surface area (Å²) >= 11 is 6.49. The fourth-order valence-electron chi connectivity index (χ4n) is 5.92. The van der Waals surface area contributed by atoms with E-state index in [0.717, 1.165) is 35.3 Å². The molecule has 6 rings (SSSR count). The molecule has 1 aliphatic heterocycles. The molecule has 3 aromatic rings. The first-order valence-electron chi connectivity index (χ1n) is 15.7. The second-order valence-electron chi connectivity index (χ2n) is 12.9. The van der Waals surface area contributed by atoms with Crippen molar-refractivity contribution in [1.82, 2.24) is 15.3 Å². The first kappa shape index (κ1) is 30.9. The second kappa shape index (κ2) is 12.3. The minimum absolute atomic E-state index is 0.0331. The largest absolute Gasteiger partial charge is 0.489 e. The fourth-order valence-corrected chi connectivity index (χ4v) is 7.26. The van der Waals surface area contributed by atoms with E-state index < -0.39 is 15.1 Å². The third-order valence-electron chi connectivity index (χ3n) is 8.64. The van der Waals surface area contributed by atoms with Gasteiger partial charge in [0.15, 0.2) is 15.7 Å². The molecule has 1 aromatic heterocycles. The van der Waals surface area contributed by atoms with Gasteiger partial charge in [-0.2, -0.15) is 4.98 Å². The lowest BCUT2D eigenvalue weighted by Gasteiger charge is -2.32. The van der Waals surface area contributed by atoms with Gasteiger partial charge in [-0.15, -0.1) is 0 Å². The van der Waals surface area contributed by atoms with Crippen LogP contribution in [-0.2, 0) is 9.84 Å². The van der Waals surface area contributed by atoms with Gasteiger partial charge in [0.05, 0.1) is 33.8 Å². The maximum Gasteiger partial charge on any atom is 0.229 e. The van der Waals surface area contributed by atoms with Crippen molar-refractivity contribution < 1.29 is 13.2 Å². The summed E-state index contributed by atoms with van der Waals surface area (Å²) in [5.74, 6) is 2.88. The van der Waals surface area contributed by atoms with Crippen molar-refractivity contribution >= 4 is 50.2 Å². The van der Waals surface area contributed by atoms with Crippen molar-refractivity contribution in [2.75, 3.05) is 10.6 Å². The number of hydrogen-bond acceptors (Lipinski definition) is 8. The summed E-state index contributed by atoms with van der Waals surface area (Å²) in [6, 6.07) is 12.0. The monoisotopic (exact) mass is 635 g/mol. The van der Waals surface area contributed by atoms with E-state index in [1.54, 1.807) is 38.1 Å². The molecule has 2 aromatic carbocycles. The zero-order valence-corrected chi connectivity index (χ0v) is 27.6. The highest BCUT2D eigenvalue weighted by atomic mass is 35.5. The number of ether oxygens (including phenoxy) is 1. The maximum absolute atomic E-state index is 13.0. The van der Waals surface area contributed by atoms with Gasteiger partial charge < -0.3 is 20.7 Å². The van der Waals surface area contributed by atoms with E-state index in [1.807, 2.05) is 13.8 Å². The molecule has 0 amide bonds. The van der Waals surface area contributed by atoms with Crippen LogP contribution >= 0.6 is 11.6 Å². The number of benzene rings is 2. The van der Waals surface area contributed by atoms with Crippen LogP contribution in [0.3, 0.4) is 0 Å². The van der Waals surface area contributed by atoms with Gasteiger partial charge in [-0.1, -0.05) is 29.8 Å². The highest BCUT2D eigenvalue weighted by molar-refractivity contribution is 7.92. The van der Waals surface area contributed by atoms with Crippen molar-refractivity contribution in [2.45, 2.75) is 95.1 Å². The van der Waals surface area contributed by atoms with E-state index in [4.69, 9.17) is 16.3 Å². The Bertz CT molecular complexity index is 1680. The Morgan fingerprint density at radius 3 is 2.41 bits per heavy atom. The molecule has 234 valence electrons. The molecule has 3 N–H and O–H groups in total. The van der Waals surface area contributed by atoms with Gasteiger partial charge in [0.25, 0.3) is 0 Å². The number of hydrogen-bond donors (Lipinski definition) is 3. The van der Waals surface area contributed by atoms with Crippen molar-refractivity contribution in [3.8, 4) is 5.75 Å². The van der Waals surface area contributed by atoms with Crippen LogP contribution in [0.4, 0.5) is 23.1 Å². The number of nitrogens with one attached hydrogen (secondary N) is 3. The second-order valence-corrected chi connectivity index (χ2v) is 15.8. The third kappa shape index (κ3) is 6.75. The molecule has 2 aliphatic carbocycles. The van der Waals surface area contributed by atoms with Crippen LogP contribution in [0.5, 0.6) is 5.75 Å². The smallest absolute Gasteiger partial charge is 0.229 e. The molecule has 2 fully saturated rings. The Balaban J connectivity index is 1.30. The normalized spacial score (nSPS) is 20.5. The molecule has 2 atom stereocenters. The predicted octanol–water partition coefficient (Wildman–Crippen LogP) is 7.83. The van der Waals surface area contributed by atoms with Gasteiger partial charge in [-0.3, -0.25) is 0 Å². The molecular formula is C34H42ClN5O3S. The van der Waals surface area contributed by atoms with Crippen LogP contribution in [0, 0.1) is 18.8 Å². The number of anilines is 4. The topological polar surface area (TPSA) is 105 Å². The predicted molar refractivity (Wildman–Crippen MR) is 178 cm³/mol. The quantitative estimate of drug-likeness (QED) is 0.196. The molecule has 0 radical (unpaired) electrons. The summed E-state index contributed by atoms with van der Waals surface area (Å²) in [6.07, 6.45) is 10.2. The van der Waals surface area contributed by atoms with Crippen LogP contribution < -0.4 is 20.7 Å². The van der Waals surface area contributed by atoms with Gasteiger partial charge in [0.1, 0.15) is 10.8 Å². The third-order valence-corrected chi connectivity index (χ3v) is 11.1. The fraction of sp³-hybridized carbons (Fsp3) is 0.471. The van der Waals surface area contributed by atoms with Crippen LogP contribution in [-0.4, -0.2) is 41.8 Å².